The van der Waals surface area contributed by atoms with Crippen molar-refractivity contribution in [3.8, 4) is 5.75 Å². The molecule has 0 saturated carbocycles. The van der Waals surface area contributed by atoms with Crippen molar-refractivity contribution in [2.75, 3.05) is 4.72 Å². The number of nitrogens with one attached hydrogen (secondary N) is 1. The van der Waals surface area contributed by atoms with Crippen LogP contribution >= 0.6 is 0 Å². The topological polar surface area (TPSA) is 68.3 Å². The van der Waals surface area contributed by atoms with Crippen LogP contribution in [0.5, 0.6) is 5.75 Å². The number of benzene rings is 2. The maximum Gasteiger partial charge on any atom is 0.262 e. The van der Waals surface area contributed by atoms with Gasteiger partial charge in [0.15, 0.2) is 0 Å². The van der Waals surface area contributed by atoms with Crippen LogP contribution in [0.4, 0.5) is 14.5 Å². The van der Waals surface area contributed by atoms with Gasteiger partial charge < -0.3 is 4.74 Å². The Labute approximate surface area is 168 Å². The van der Waals surface area contributed by atoms with Gasteiger partial charge in [-0.05, 0) is 67.8 Å². The van der Waals surface area contributed by atoms with E-state index in [1.807, 2.05) is 32.9 Å². The van der Waals surface area contributed by atoms with E-state index in [4.69, 9.17) is 4.74 Å². The number of ether oxygens (including phenoxy) is 1. The molecule has 0 radical (unpaired) electrons. The van der Waals surface area contributed by atoms with Crippen molar-refractivity contribution in [3.05, 3.63) is 82.7 Å². The second-order valence-corrected chi connectivity index (χ2v) is 8.44. The molecule has 0 aliphatic heterocycles. The lowest BCUT2D eigenvalue weighted by Crippen LogP contribution is -2.15. The number of rotatable bonds is 6. The Morgan fingerprint density at radius 1 is 0.966 bits per heavy atom. The second-order valence-electron chi connectivity index (χ2n) is 6.76. The van der Waals surface area contributed by atoms with E-state index >= 15 is 0 Å². The quantitative estimate of drug-likeness (QED) is 0.632. The highest BCUT2D eigenvalue weighted by atomic mass is 32.2. The summed E-state index contributed by atoms with van der Waals surface area (Å²) in [6, 6.07) is 9.14. The molecule has 1 N–H and O–H groups in total. The molecule has 0 bridgehead atoms. The van der Waals surface area contributed by atoms with E-state index in [2.05, 4.69) is 9.71 Å². The van der Waals surface area contributed by atoms with Crippen LogP contribution in [0.3, 0.4) is 0 Å². The molecule has 0 spiro atoms. The van der Waals surface area contributed by atoms with Crippen molar-refractivity contribution in [1.82, 2.24) is 4.98 Å². The SMILES string of the molecule is Cc1ccc(COc2cc(C)c(C)cc2NS(=O)(=O)c2cc(F)cc(F)c2)nc1. The molecular weight excluding hydrogens is 398 g/mol. The maximum absolute atomic E-state index is 13.5. The molecule has 5 nitrogen and oxygen atoms in total. The normalized spacial score (nSPS) is 11.3. The van der Waals surface area contributed by atoms with Gasteiger partial charge in [0.1, 0.15) is 24.0 Å². The third-order valence-corrected chi connectivity index (χ3v) is 5.68. The molecule has 1 aromatic heterocycles. The number of anilines is 1. The molecule has 0 amide bonds. The van der Waals surface area contributed by atoms with Crippen molar-refractivity contribution in [2.45, 2.75) is 32.3 Å². The van der Waals surface area contributed by atoms with Crippen LogP contribution in [0.15, 0.2) is 53.6 Å². The number of halogens is 2. The molecule has 0 unspecified atom stereocenters. The average Bonchev–Trinajstić information content (AvgIpc) is 2.64. The molecule has 2 aromatic carbocycles. The summed E-state index contributed by atoms with van der Waals surface area (Å²) >= 11 is 0. The van der Waals surface area contributed by atoms with Crippen LogP contribution in [-0.4, -0.2) is 13.4 Å². The summed E-state index contributed by atoms with van der Waals surface area (Å²) in [5.41, 5.74) is 3.58. The van der Waals surface area contributed by atoms with Crippen molar-refractivity contribution in [2.24, 2.45) is 0 Å². The first-order valence-corrected chi connectivity index (χ1v) is 10.3. The molecule has 0 saturated heterocycles. The third-order valence-electron chi connectivity index (χ3n) is 4.33. The summed E-state index contributed by atoms with van der Waals surface area (Å²) in [6.45, 7) is 5.74. The number of hydrogen-bond donors (Lipinski definition) is 1. The van der Waals surface area contributed by atoms with E-state index in [1.165, 1.54) is 0 Å². The van der Waals surface area contributed by atoms with Crippen LogP contribution < -0.4 is 9.46 Å². The van der Waals surface area contributed by atoms with Gasteiger partial charge in [-0.2, -0.15) is 0 Å². The predicted octanol–water partition coefficient (Wildman–Crippen LogP) is 4.66. The van der Waals surface area contributed by atoms with Gasteiger partial charge in [-0.15, -0.1) is 0 Å². The Balaban J connectivity index is 1.91. The second kappa shape index (κ2) is 8.16. The molecule has 1 heterocycles. The molecule has 0 fully saturated rings. The number of hydrogen-bond acceptors (Lipinski definition) is 4. The summed E-state index contributed by atoms with van der Waals surface area (Å²) in [4.78, 5) is 3.74. The monoisotopic (exact) mass is 418 g/mol. The average molecular weight is 418 g/mol. The number of aromatic nitrogens is 1. The number of sulfonamides is 1. The summed E-state index contributed by atoms with van der Waals surface area (Å²) in [5, 5.41) is 0. The first-order chi connectivity index (χ1) is 13.6. The lowest BCUT2D eigenvalue weighted by molar-refractivity contribution is 0.302. The molecular formula is C21H20F2N2O3S. The van der Waals surface area contributed by atoms with Gasteiger partial charge in [0.25, 0.3) is 10.0 Å². The lowest BCUT2D eigenvalue weighted by atomic mass is 10.1. The number of nitrogens with zero attached hydrogens (tertiary/aromatic N) is 1. The lowest BCUT2D eigenvalue weighted by Gasteiger charge is -2.16. The van der Waals surface area contributed by atoms with Crippen molar-refractivity contribution in [3.63, 3.8) is 0 Å². The van der Waals surface area contributed by atoms with E-state index in [1.54, 1.807) is 18.3 Å². The third kappa shape index (κ3) is 5.08. The van der Waals surface area contributed by atoms with Crippen molar-refractivity contribution >= 4 is 15.7 Å². The minimum atomic E-state index is -4.22. The largest absolute Gasteiger partial charge is 0.485 e. The van der Waals surface area contributed by atoms with Crippen LogP contribution in [0, 0.1) is 32.4 Å². The molecule has 3 aromatic rings. The zero-order valence-corrected chi connectivity index (χ0v) is 17.0. The zero-order chi connectivity index (χ0) is 21.2. The molecule has 152 valence electrons. The fourth-order valence-electron chi connectivity index (χ4n) is 2.61. The van der Waals surface area contributed by atoms with Gasteiger partial charge >= 0.3 is 0 Å². The number of aryl methyl sites for hydroxylation is 3. The molecule has 0 aliphatic rings. The molecule has 29 heavy (non-hydrogen) atoms. The summed E-state index contributed by atoms with van der Waals surface area (Å²) < 4.78 is 60.4. The van der Waals surface area contributed by atoms with Crippen molar-refractivity contribution in [1.29, 1.82) is 0 Å². The summed E-state index contributed by atoms with van der Waals surface area (Å²) in [7, 11) is -4.22. The summed E-state index contributed by atoms with van der Waals surface area (Å²) in [5.74, 6) is -1.67. The molecule has 8 heteroatoms. The molecule has 0 atom stereocenters. The highest BCUT2D eigenvalue weighted by Crippen LogP contribution is 2.31. The Hall–Kier alpha value is -3.00. The van der Waals surface area contributed by atoms with Gasteiger partial charge in [0, 0.05) is 12.3 Å². The van der Waals surface area contributed by atoms with E-state index < -0.39 is 26.6 Å². The Bertz CT molecular complexity index is 1130. The van der Waals surface area contributed by atoms with E-state index in [9.17, 15) is 17.2 Å². The highest BCUT2D eigenvalue weighted by Gasteiger charge is 2.19. The van der Waals surface area contributed by atoms with Crippen LogP contribution in [0.1, 0.15) is 22.4 Å². The van der Waals surface area contributed by atoms with Crippen molar-refractivity contribution < 1.29 is 21.9 Å². The molecule has 0 aliphatic carbocycles. The van der Waals surface area contributed by atoms with Gasteiger partial charge in [-0.25, -0.2) is 17.2 Å². The molecule has 3 rings (SSSR count). The Morgan fingerprint density at radius 3 is 2.24 bits per heavy atom. The van der Waals surface area contributed by atoms with Crippen LogP contribution in [0.2, 0.25) is 0 Å². The zero-order valence-electron chi connectivity index (χ0n) is 16.2. The van der Waals surface area contributed by atoms with Gasteiger partial charge in [-0.3, -0.25) is 9.71 Å². The van der Waals surface area contributed by atoms with Gasteiger partial charge in [-0.1, -0.05) is 6.07 Å². The van der Waals surface area contributed by atoms with Crippen LogP contribution in [0.25, 0.3) is 0 Å². The smallest absolute Gasteiger partial charge is 0.262 e. The summed E-state index contributed by atoms with van der Waals surface area (Å²) in [6.07, 6.45) is 1.71. The fraction of sp³-hybridized carbons (Fsp3) is 0.190. The Morgan fingerprint density at radius 2 is 1.62 bits per heavy atom. The van der Waals surface area contributed by atoms with Gasteiger partial charge in [0.05, 0.1) is 16.3 Å². The Kier molecular flexibility index (Phi) is 5.83. The maximum atomic E-state index is 13.5. The van der Waals surface area contributed by atoms with Crippen LogP contribution in [-0.2, 0) is 16.6 Å². The minimum Gasteiger partial charge on any atom is -0.485 e. The van der Waals surface area contributed by atoms with Gasteiger partial charge in [0.2, 0.25) is 0 Å². The van der Waals surface area contributed by atoms with E-state index in [-0.39, 0.29) is 18.0 Å². The first kappa shape index (κ1) is 20.7. The minimum absolute atomic E-state index is 0.131. The van der Waals surface area contributed by atoms with E-state index in [0.29, 0.717) is 11.8 Å². The fourth-order valence-corrected chi connectivity index (χ4v) is 3.71. The van der Waals surface area contributed by atoms with E-state index in [0.717, 1.165) is 28.8 Å². The number of pyridine rings is 1. The first-order valence-electron chi connectivity index (χ1n) is 8.78. The standard InChI is InChI=1S/C21H20F2N2O3S/c1-13-4-5-18(24-11-13)12-28-21-7-15(3)14(2)6-20(21)25-29(26,27)19-9-16(22)8-17(23)10-19/h4-11,25H,12H2,1-3H3. The highest BCUT2D eigenvalue weighted by molar-refractivity contribution is 7.92. The predicted molar refractivity (Wildman–Crippen MR) is 106 cm³/mol.